The standard InChI is InChI=1S/C27H33N7O4/c35-26(32-20-5-10-37-17-20)18-15-30-27(31-16-18)33-19-1-3-22(4-2-19)38-24-14-21(34-8-11-36-12-9-34)13-23-25(24)29-7-6-28-23/h6-7,13-16,19-20,22H,1-5,8-12,17H2,(H,32,35)(H,30,31,33)/t19-,20-,22+/m0/s1. The van der Waals surface area contributed by atoms with Crippen molar-refractivity contribution in [3.8, 4) is 5.75 Å². The van der Waals surface area contributed by atoms with Gasteiger partial charge >= 0.3 is 0 Å². The first-order valence-corrected chi connectivity index (χ1v) is 13.4. The maximum Gasteiger partial charge on any atom is 0.254 e. The second-order valence-corrected chi connectivity index (χ2v) is 10.0. The monoisotopic (exact) mass is 519 g/mol. The number of nitrogens with zero attached hydrogens (tertiary/aromatic N) is 5. The summed E-state index contributed by atoms with van der Waals surface area (Å²) in [6, 6.07) is 4.49. The minimum Gasteiger partial charge on any atom is -0.488 e. The van der Waals surface area contributed by atoms with E-state index < -0.39 is 0 Å². The number of hydrogen-bond donors (Lipinski definition) is 2. The molecule has 3 fully saturated rings. The zero-order valence-corrected chi connectivity index (χ0v) is 21.3. The molecule has 1 aliphatic carbocycles. The largest absolute Gasteiger partial charge is 0.488 e. The Hall–Kier alpha value is -3.57. The van der Waals surface area contributed by atoms with E-state index in [1.807, 2.05) is 0 Å². The van der Waals surface area contributed by atoms with Crippen LogP contribution in [0.5, 0.6) is 5.75 Å². The number of fused-ring (bicyclic) bond motifs is 1. The first-order valence-electron chi connectivity index (χ1n) is 13.4. The first kappa shape index (κ1) is 24.7. The number of aromatic nitrogens is 4. The summed E-state index contributed by atoms with van der Waals surface area (Å²) in [5.74, 6) is 1.16. The van der Waals surface area contributed by atoms with Gasteiger partial charge in [-0.25, -0.2) is 15.0 Å². The summed E-state index contributed by atoms with van der Waals surface area (Å²) < 4.78 is 17.3. The molecule has 38 heavy (non-hydrogen) atoms. The molecule has 1 atom stereocenters. The van der Waals surface area contributed by atoms with E-state index in [4.69, 9.17) is 14.2 Å². The molecule has 2 aliphatic heterocycles. The van der Waals surface area contributed by atoms with Crippen molar-refractivity contribution in [3.05, 3.63) is 42.5 Å². The molecule has 0 unspecified atom stereocenters. The van der Waals surface area contributed by atoms with Crippen LogP contribution in [0.15, 0.2) is 36.9 Å². The number of carbonyl (C=O) groups is 1. The maximum atomic E-state index is 12.4. The smallest absolute Gasteiger partial charge is 0.254 e. The summed E-state index contributed by atoms with van der Waals surface area (Å²) in [6.45, 7) is 4.39. The molecule has 0 spiro atoms. The van der Waals surface area contributed by atoms with Crippen molar-refractivity contribution in [2.24, 2.45) is 0 Å². The normalized spacial score (nSPS) is 23.8. The van der Waals surface area contributed by atoms with Crippen molar-refractivity contribution < 1.29 is 19.0 Å². The van der Waals surface area contributed by atoms with Crippen molar-refractivity contribution >= 4 is 28.6 Å². The van der Waals surface area contributed by atoms with E-state index >= 15 is 0 Å². The molecule has 11 nitrogen and oxygen atoms in total. The van der Waals surface area contributed by atoms with Crippen LogP contribution in [-0.4, -0.2) is 83.5 Å². The number of carbonyl (C=O) groups excluding carboxylic acids is 1. The average Bonchev–Trinajstić information content (AvgIpc) is 3.48. The molecule has 3 aromatic rings. The Morgan fingerprint density at radius 1 is 0.895 bits per heavy atom. The van der Waals surface area contributed by atoms with Crippen molar-refractivity contribution in [1.29, 1.82) is 0 Å². The van der Waals surface area contributed by atoms with E-state index in [9.17, 15) is 4.79 Å². The quantitative estimate of drug-likeness (QED) is 0.481. The third-order valence-electron chi connectivity index (χ3n) is 7.38. The highest BCUT2D eigenvalue weighted by atomic mass is 16.5. The van der Waals surface area contributed by atoms with Crippen LogP contribution in [0.1, 0.15) is 42.5 Å². The van der Waals surface area contributed by atoms with Crippen molar-refractivity contribution in [1.82, 2.24) is 25.3 Å². The molecule has 0 bridgehead atoms. The molecule has 200 valence electrons. The highest BCUT2D eigenvalue weighted by Crippen LogP contribution is 2.33. The van der Waals surface area contributed by atoms with Crippen LogP contribution in [0, 0.1) is 0 Å². The number of rotatable bonds is 7. The van der Waals surface area contributed by atoms with Gasteiger partial charge in [-0.3, -0.25) is 9.78 Å². The van der Waals surface area contributed by atoms with Gasteiger partial charge in [-0.15, -0.1) is 0 Å². The number of morpholine rings is 1. The van der Waals surface area contributed by atoms with Crippen LogP contribution >= 0.6 is 0 Å². The van der Waals surface area contributed by atoms with Crippen molar-refractivity contribution in [2.75, 3.05) is 49.7 Å². The molecule has 1 saturated carbocycles. The van der Waals surface area contributed by atoms with E-state index in [-0.39, 0.29) is 24.1 Å². The molecule has 1 aromatic carbocycles. The number of nitrogens with one attached hydrogen (secondary N) is 2. The first-order chi connectivity index (χ1) is 18.7. The van der Waals surface area contributed by atoms with Crippen molar-refractivity contribution in [3.63, 3.8) is 0 Å². The number of benzene rings is 1. The van der Waals surface area contributed by atoms with Crippen LogP contribution < -0.4 is 20.3 Å². The van der Waals surface area contributed by atoms with Crippen LogP contribution in [-0.2, 0) is 9.47 Å². The Bertz CT molecular complexity index is 1240. The molecule has 4 heterocycles. The Morgan fingerprint density at radius 2 is 1.68 bits per heavy atom. The number of anilines is 2. The summed E-state index contributed by atoms with van der Waals surface area (Å²) in [7, 11) is 0. The maximum absolute atomic E-state index is 12.4. The molecule has 2 N–H and O–H groups in total. The highest BCUT2D eigenvalue weighted by molar-refractivity contribution is 5.93. The lowest BCUT2D eigenvalue weighted by atomic mass is 9.93. The van der Waals surface area contributed by atoms with Gasteiger partial charge < -0.3 is 29.7 Å². The third kappa shape index (κ3) is 5.78. The zero-order chi connectivity index (χ0) is 25.7. The van der Waals surface area contributed by atoms with Crippen LogP contribution in [0.25, 0.3) is 11.0 Å². The third-order valence-corrected chi connectivity index (χ3v) is 7.38. The Labute approximate surface area is 221 Å². The topological polar surface area (TPSA) is 124 Å². The second-order valence-electron chi connectivity index (χ2n) is 10.0. The molecule has 3 aliphatic rings. The summed E-state index contributed by atoms with van der Waals surface area (Å²) in [4.78, 5) is 32.5. The van der Waals surface area contributed by atoms with Crippen molar-refractivity contribution in [2.45, 2.75) is 50.3 Å². The van der Waals surface area contributed by atoms with Gasteiger partial charge in [-0.05, 0) is 38.2 Å². The highest BCUT2D eigenvalue weighted by Gasteiger charge is 2.25. The minimum absolute atomic E-state index is 0.0598. The molecular formula is C27H33N7O4. The van der Waals surface area contributed by atoms with Gasteiger partial charge in [0.15, 0.2) is 0 Å². The molecule has 11 heteroatoms. The van der Waals surface area contributed by atoms with Gasteiger partial charge in [0.1, 0.15) is 11.3 Å². The van der Waals surface area contributed by atoms with E-state index in [2.05, 4.69) is 47.6 Å². The van der Waals surface area contributed by atoms with Gasteiger partial charge in [-0.2, -0.15) is 0 Å². The van der Waals surface area contributed by atoms with Gasteiger partial charge in [-0.1, -0.05) is 0 Å². The van der Waals surface area contributed by atoms with E-state index in [0.29, 0.717) is 24.7 Å². The predicted molar refractivity (Wildman–Crippen MR) is 142 cm³/mol. The second kappa shape index (κ2) is 11.4. The van der Waals surface area contributed by atoms with Gasteiger partial charge in [0.25, 0.3) is 5.91 Å². The van der Waals surface area contributed by atoms with Crippen LogP contribution in [0.2, 0.25) is 0 Å². The average molecular weight is 520 g/mol. The van der Waals surface area contributed by atoms with Gasteiger partial charge in [0.2, 0.25) is 5.95 Å². The fraction of sp³-hybridized carbons (Fsp3) is 0.519. The number of hydrogen-bond acceptors (Lipinski definition) is 10. The predicted octanol–water partition coefficient (Wildman–Crippen LogP) is 2.58. The summed E-state index contributed by atoms with van der Waals surface area (Å²) >= 11 is 0. The summed E-state index contributed by atoms with van der Waals surface area (Å²) in [6.07, 6.45) is 11.2. The molecule has 1 amide bonds. The Morgan fingerprint density at radius 3 is 2.45 bits per heavy atom. The molecule has 0 radical (unpaired) electrons. The van der Waals surface area contributed by atoms with E-state index in [1.54, 1.807) is 24.8 Å². The summed E-state index contributed by atoms with van der Waals surface area (Å²) in [5, 5.41) is 6.37. The summed E-state index contributed by atoms with van der Waals surface area (Å²) in [5.41, 5.74) is 3.18. The number of amides is 1. The Kier molecular flexibility index (Phi) is 7.45. The lowest BCUT2D eigenvalue weighted by Crippen LogP contribution is -2.36. The van der Waals surface area contributed by atoms with Crippen LogP contribution in [0.4, 0.5) is 11.6 Å². The Balaban J connectivity index is 1.04. The van der Waals surface area contributed by atoms with Gasteiger partial charge in [0.05, 0.1) is 43.0 Å². The number of ether oxygens (including phenoxy) is 3. The van der Waals surface area contributed by atoms with Gasteiger partial charge in [0, 0.05) is 62.3 Å². The van der Waals surface area contributed by atoms with E-state index in [1.165, 1.54) is 0 Å². The molecule has 6 rings (SSSR count). The molecule has 2 saturated heterocycles. The zero-order valence-electron chi connectivity index (χ0n) is 21.3. The SMILES string of the molecule is O=C(N[C@H]1CCOC1)c1cnc(N[C@H]2CC[C@@H](Oc3cc(N4CCOCC4)cc4nccnc34)CC2)nc1. The minimum atomic E-state index is -0.167. The lowest BCUT2D eigenvalue weighted by molar-refractivity contribution is 0.0929. The fourth-order valence-electron chi connectivity index (χ4n) is 5.25. The lowest BCUT2D eigenvalue weighted by Gasteiger charge is -2.31. The van der Waals surface area contributed by atoms with Crippen LogP contribution in [0.3, 0.4) is 0 Å². The fourth-order valence-corrected chi connectivity index (χ4v) is 5.25. The molecular weight excluding hydrogens is 486 g/mol. The molecule has 2 aromatic heterocycles. The van der Waals surface area contributed by atoms with E-state index in [0.717, 1.165) is 80.9 Å².